The first-order valence-corrected chi connectivity index (χ1v) is 6.15. The van der Waals surface area contributed by atoms with Gasteiger partial charge in [0.25, 0.3) is 5.91 Å². The van der Waals surface area contributed by atoms with Gasteiger partial charge in [0.05, 0.1) is 12.7 Å². The Kier molecular flexibility index (Phi) is 5.91. The topological polar surface area (TPSA) is 50.7 Å². The molecule has 0 saturated heterocycles. The zero-order chi connectivity index (χ0) is 13.4. The van der Waals surface area contributed by atoms with Gasteiger partial charge in [0.15, 0.2) is 0 Å². The Morgan fingerprint density at radius 2 is 2.11 bits per heavy atom. The lowest BCUT2D eigenvalue weighted by atomic mass is 10.2. The van der Waals surface area contributed by atoms with Gasteiger partial charge in [-0.3, -0.25) is 4.79 Å². The van der Waals surface area contributed by atoms with Crippen LogP contribution in [0.2, 0.25) is 0 Å². The maximum Gasteiger partial charge on any atom is 0.275 e. The van der Waals surface area contributed by atoms with Gasteiger partial charge < -0.3 is 4.74 Å². The summed E-state index contributed by atoms with van der Waals surface area (Å²) in [7, 11) is 1.54. The Morgan fingerprint density at radius 3 is 2.78 bits per heavy atom. The van der Waals surface area contributed by atoms with E-state index in [2.05, 4.69) is 17.5 Å². The third kappa shape index (κ3) is 4.20. The highest BCUT2D eigenvalue weighted by Gasteiger charge is 2.10. The third-order valence-electron chi connectivity index (χ3n) is 2.59. The molecule has 0 spiro atoms. The lowest BCUT2D eigenvalue weighted by molar-refractivity contribution is 0.0951. The molecule has 4 nitrogen and oxygen atoms in total. The fourth-order valence-corrected chi connectivity index (χ4v) is 1.53. The van der Waals surface area contributed by atoms with Gasteiger partial charge in [-0.15, -0.1) is 0 Å². The van der Waals surface area contributed by atoms with Crippen molar-refractivity contribution < 1.29 is 9.53 Å². The monoisotopic (exact) mass is 248 g/mol. The molecule has 0 saturated carbocycles. The van der Waals surface area contributed by atoms with Crippen molar-refractivity contribution in [1.29, 1.82) is 0 Å². The maximum absolute atomic E-state index is 11.9. The van der Waals surface area contributed by atoms with E-state index in [-0.39, 0.29) is 5.91 Å². The smallest absolute Gasteiger partial charge is 0.275 e. The second-order valence-corrected chi connectivity index (χ2v) is 4.09. The molecule has 98 valence electrons. The third-order valence-corrected chi connectivity index (χ3v) is 2.59. The standard InChI is InChI=1S/C14H20N2O2/c1-4-5-8-11(2)15-16-14(17)12-9-6-7-10-13(12)18-3/h6-7,9-10H,4-5,8H2,1-3H3,(H,16,17)/b15-11-. The number of hydrogen-bond acceptors (Lipinski definition) is 3. The molecule has 1 N–H and O–H groups in total. The molecule has 0 atom stereocenters. The van der Waals surface area contributed by atoms with Crippen molar-refractivity contribution in [3.63, 3.8) is 0 Å². The van der Waals surface area contributed by atoms with Crippen LogP contribution < -0.4 is 10.2 Å². The van der Waals surface area contributed by atoms with Crippen LogP contribution in [0.1, 0.15) is 43.5 Å². The molecule has 1 aromatic rings. The molecule has 0 aliphatic carbocycles. The Morgan fingerprint density at radius 1 is 1.39 bits per heavy atom. The van der Waals surface area contributed by atoms with E-state index in [1.807, 2.05) is 13.0 Å². The van der Waals surface area contributed by atoms with Crippen LogP contribution in [0.15, 0.2) is 29.4 Å². The molecular weight excluding hydrogens is 228 g/mol. The van der Waals surface area contributed by atoms with Crippen molar-refractivity contribution >= 4 is 11.6 Å². The number of unbranched alkanes of at least 4 members (excludes halogenated alkanes) is 1. The highest BCUT2D eigenvalue weighted by atomic mass is 16.5. The van der Waals surface area contributed by atoms with Crippen LogP contribution in [0.5, 0.6) is 5.75 Å². The van der Waals surface area contributed by atoms with Gasteiger partial charge in [-0.25, -0.2) is 5.43 Å². The quantitative estimate of drug-likeness (QED) is 0.621. The first-order chi connectivity index (χ1) is 8.69. The molecular formula is C14H20N2O2. The van der Waals surface area contributed by atoms with Crippen LogP contribution in [0, 0.1) is 0 Å². The molecule has 0 bridgehead atoms. The first-order valence-electron chi connectivity index (χ1n) is 6.15. The van der Waals surface area contributed by atoms with Crippen molar-refractivity contribution in [2.45, 2.75) is 33.1 Å². The Hall–Kier alpha value is -1.84. The predicted molar refractivity (Wildman–Crippen MR) is 73.1 cm³/mol. The van der Waals surface area contributed by atoms with Crippen LogP contribution in [-0.2, 0) is 0 Å². The summed E-state index contributed by atoms with van der Waals surface area (Å²) in [5.74, 6) is 0.305. The van der Waals surface area contributed by atoms with E-state index in [1.165, 1.54) is 0 Å². The van der Waals surface area contributed by atoms with Crippen molar-refractivity contribution in [3.05, 3.63) is 29.8 Å². The average molecular weight is 248 g/mol. The van der Waals surface area contributed by atoms with Gasteiger partial charge in [-0.2, -0.15) is 5.10 Å². The van der Waals surface area contributed by atoms with Crippen molar-refractivity contribution in [3.8, 4) is 5.75 Å². The minimum absolute atomic E-state index is 0.247. The van der Waals surface area contributed by atoms with E-state index in [0.717, 1.165) is 25.0 Å². The molecule has 4 heteroatoms. The zero-order valence-corrected chi connectivity index (χ0v) is 11.2. The summed E-state index contributed by atoms with van der Waals surface area (Å²) in [5, 5.41) is 4.07. The number of nitrogens with one attached hydrogen (secondary N) is 1. The highest BCUT2D eigenvalue weighted by molar-refractivity contribution is 5.97. The maximum atomic E-state index is 11.9. The minimum Gasteiger partial charge on any atom is -0.496 e. The molecule has 1 rings (SSSR count). The Labute approximate surface area is 108 Å². The number of carbonyl (C=O) groups is 1. The average Bonchev–Trinajstić information content (AvgIpc) is 2.42. The lowest BCUT2D eigenvalue weighted by Gasteiger charge is -2.06. The molecule has 0 aliphatic heterocycles. The summed E-state index contributed by atoms with van der Waals surface area (Å²) in [6.45, 7) is 4.04. The van der Waals surface area contributed by atoms with Crippen LogP contribution in [-0.4, -0.2) is 18.7 Å². The van der Waals surface area contributed by atoms with E-state index in [0.29, 0.717) is 11.3 Å². The predicted octanol–water partition coefficient (Wildman–Crippen LogP) is 2.99. The largest absolute Gasteiger partial charge is 0.496 e. The van der Waals surface area contributed by atoms with Gasteiger partial charge in [0, 0.05) is 5.71 Å². The summed E-state index contributed by atoms with van der Waals surface area (Å²) in [5.41, 5.74) is 3.97. The number of carbonyl (C=O) groups excluding carboxylic acids is 1. The number of amides is 1. The summed E-state index contributed by atoms with van der Waals surface area (Å²) in [6.07, 6.45) is 3.11. The molecule has 0 fully saturated rings. The highest BCUT2D eigenvalue weighted by Crippen LogP contribution is 2.16. The number of methoxy groups -OCH3 is 1. The molecule has 1 aromatic carbocycles. The van der Waals surface area contributed by atoms with Crippen LogP contribution in [0.3, 0.4) is 0 Å². The van der Waals surface area contributed by atoms with Gasteiger partial charge in [0.2, 0.25) is 0 Å². The van der Waals surface area contributed by atoms with Crippen molar-refractivity contribution in [2.75, 3.05) is 7.11 Å². The van der Waals surface area contributed by atoms with E-state index in [9.17, 15) is 4.79 Å². The fraction of sp³-hybridized carbons (Fsp3) is 0.429. The van der Waals surface area contributed by atoms with Gasteiger partial charge in [-0.05, 0) is 31.9 Å². The number of ether oxygens (including phenoxy) is 1. The number of hydrazone groups is 1. The number of hydrogen-bond donors (Lipinski definition) is 1. The minimum atomic E-state index is -0.247. The number of nitrogens with zero attached hydrogens (tertiary/aromatic N) is 1. The first kappa shape index (κ1) is 14.2. The second kappa shape index (κ2) is 7.48. The Balaban J connectivity index is 2.65. The van der Waals surface area contributed by atoms with Gasteiger partial charge in [0.1, 0.15) is 5.75 Å². The normalized spacial score (nSPS) is 11.2. The molecule has 0 unspecified atom stereocenters. The zero-order valence-electron chi connectivity index (χ0n) is 11.2. The van der Waals surface area contributed by atoms with Gasteiger partial charge >= 0.3 is 0 Å². The summed E-state index contributed by atoms with van der Waals surface area (Å²) < 4.78 is 5.13. The number of rotatable bonds is 6. The molecule has 0 heterocycles. The van der Waals surface area contributed by atoms with Crippen LogP contribution >= 0.6 is 0 Å². The number of para-hydroxylation sites is 1. The molecule has 0 radical (unpaired) electrons. The van der Waals surface area contributed by atoms with Crippen molar-refractivity contribution in [2.24, 2.45) is 5.10 Å². The fourth-order valence-electron chi connectivity index (χ4n) is 1.53. The summed E-state index contributed by atoms with van der Waals surface area (Å²) >= 11 is 0. The Bertz CT molecular complexity index is 428. The van der Waals surface area contributed by atoms with E-state index >= 15 is 0 Å². The molecule has 0 aliphatic rings. The molecule has 18 heavy (non-hydrogen) atoms. The lowest BCUT2D eigenvalue weighted by Crippen LogP contribution is -2.19. The summed E-state index contributed by atoms with van der Waals surface area (Å²) in [6, 6.07) is 7.09. The molecule has 1 amide bonds. The van der Waals surface area contributed by atoms with Crippen LogP contribution in [0.4, 0.5) is 0 Å². The van der Waals surface area contributed by atoms with E-state index < -0.39 is 0 Å². The van der Waals surface area contributed by atoms with Gasteiger partial charge in [-0.1, -0.05) is 25.5 Å². The van der Waals surface area contributed by atoms with Crippen LogP contribution in [0.25, 0.3) is 0 Å². The van der Waals surface area contributed by atoms with E-state index in [1.54, 1.807) is 25.3 Å². The SMILES string of the molecule is CCCC/C(C)=N\NC(=O)c1ccccc1OC. The molecule has 0 aromatic heterocycles. The van der Waals surface area contributed by atoms with Crippen molar-refractivity contribution in [1.82, 2.24) is 5.43 Å². The van der Waals surface area contributed by atoms with E-state index in [4.69, 9.17) is 4.74 Å². The summed E-state index contributed by atoms with van der Waals surface area (Å²) in [4.78, 5) is 11.9. The number of benzene rings is 1. The second-order valence-electron chi connectivity index (χ2n) is 4.09.